The molecule has 0 bridgehead atoms. The number of amides is 2. The first kappa shape index (κ1) is 13.0. The third kappa shape index (κ3) is 2.27. The number of carbonyl (C=O) groups excluding carboxylic acids is 2. The summed E-state index contributed by atoms with van der Waals surface area (Å²) in [6.45, 7) is 0.166. The van der Waals surface area contributed by atoms with E-state index in [2.05, 4.69) is 5.32 Å². The molecule has 0 unspecified atom stereocenters. The van der Waals surface area contributed by atoms with Gasteiger partial charge in [-0.3, -0.25) is 9.59 Å². The highest BCUT2D eigenvalue weighted by Gasteiger charge is 2.23. The minimum absolute atomic E-state index is 0.119. The van der Waals surface area contributed by atoms with Crippen molar-refractivity contribution in [3.63, 3.8) is 0 Å². The average molecular weight is 282 g/mol. The number of nitrogen functional groups attached to an aromatic ring is 1. The van der Waals surface area contributed by atoms with Crippen LogP contribution in [0.25, 0.3) is 0 Å². The van der Waals surface area contributed by atoms with Crippen molar-refractivity contribution < 1.29 is 9.59 Å². The molecule has 1 aliphatic heterocycles. The van der Waals surface area contributed by atoms with Crippen molar-refractivity contribution >= 4 is 34.6 Å². The average Bonchev–Trinajstić information content (AvgIpc) is 2.46. The SMILES string of the molecule is NC(=O)c1cc(N2CC(=O)Nc3ccccc32)ccc1N. The van der Waals surface area contributed by atoms with Gasteiger partial charge >= 0.3 is 0 Å². The highest BCUT2D eigenvalue weighted by Crippen LogP contribution is 2.35. The van der Waals surface area contributed by atoms with Crippen LogP contribution in [-0.2, 0) is 4.79 Å². The second kappa shape index (κ2) is 4.82. The first-order valence-corrected chi connectivity index (χ1v) is 6.42. The Morgan fingerprint density at radius 3 is 2.71 bits per heavy atom. The van der Waals surface area contributed by atoms with E-state index in [9.17, 15) is 9.59 Å². The van der Waals surface area contributed by atoms with Crippen molar-refractivity contribution in [1.82, 2.24) is 0 Å². The lowest BCUT2D eigenvalue weighted by Gasteiger charge is -2.31. The molecule has 2 amide bonds. The van der Waals surface area contributed by atoms with Gasteiger partial charge in [0.2, 0.25) is 5.91 Å². The Bertz CT molecular complexity index is 742. The first-order valence-electron chi connectivity index (χ1n) is 6.42. The zero-order valence-electron chi connectivity index (χ0n) is 11.2. The molecule has 0 spiro atoms. The van der Waals surface area contributed by atoms with Gasteiger partial charge in [-0.25, -0.2) is 0 Å². The van der Waals surface area contributed by atoms with E-state index in [0.29, 0.717) is 11.4 Å². The predicted octanol–water partition coefficient (Wildman–Crippen LogP) is 1.46. The maximum Gasteiger partial charge on any atom is 0.250 e. The molecule has 0 aliphatic carbocycles. The molecule has 5 N–H and O–H groups in total. The van der Waals surface area contributed by atoms with Gasteiger partial charge in [0.05, 0.1) is 16.9 Å². The lowest BCUT2D eigenvalue weighted by Crippen LogP contribution is -2.35. The summed E-state index contributed by atoms with van der Waals surface area (Å²) in [6, 6.07) is 12.4. The van der Waals surface area contributed by atoms with Crippen LogP contribution >= 0.6 is 0 Å². The molecular weight excluding hydrogens is 268 g/mol. The molecule has 3 rings (SSSR count). The van der Waals surface area contributed by atoms with Crippen molar-refractivity contribution in [1.29, 1.82) is 0 Å². The van der Waals surface area contributed by atoms with Crippen molar-refractivity contribution in [2.75, 3.05) is 22.5 Å². The number of hydrogen-bond acceptors (Lipinski definition) is 4. The molecule has 0 saturated carbocycles. The summed E-state index contributed by atoms with van der Waals surface area (Å²) >= 11 is 0. The van der Waals surface area contributed by atoms with E-state index in [1.165, 1.54) is 0 Å². The molecule has 1 heterocycles. The van der Waals surface area contributed by atoms with Crippen LogP contribution in [0.1, 0.15) is 10.4 Å². The number of benzene rings is 2. The number of carbonyl (C=O) groups is 2. The van der Waals surface area contributed by atoms with E-state index in [-0.39, 0.29) is 18.0 Å². The summed E-state index contributed by atoms with van der Waals surface area (Å²) < 4.78 is 0. The Labute approximate surface area is 121 Å². The van der Waals surface area contributed by atoms with Crippen molar-refractivity contribution in [2.45, 2.75) is 0 Å². The van der Waals surface area contributed by atoms with Crippen molar-refractivity contribution in [2.24, 2.45) is 5.73 Å². The fourth-order valence-electron chi connectivity index (χ4n) is 2.39. The normalized spacial score (nSPS) is 13.5. The van der Waals surface area contributed by atoms with Crippen LogP contribution in [-0.4, -0.2) is 18.4 Å². The molecule has 0 fully saturated rings. The van der Waals surface area contributed by atoms with E-state index in [1.54, 1.807) is 18.2 Å². The van der Waals surface area contributed by atoms with Gasteiger partial charge in [0, 0.05) is 11.4 Å². The fourth-order valence-corrected chi connectivity index (χ4v) is 2.39. The van der Waals surface area contributed by atoms with E-state index in [1.807, 2.05) is 29.2 Å². The highest BCUT2D eigenvalue weighted by molar-refractivity contribution is 6.04. The molecule has 0 saturated heterocycles. The van der Waals surface area contributed by atoms with Gasteiger partial charge in [0.15, 0.2) is 0 Å². The minimum atomic E-state index is -0.593. The Balaban J connectivity index is 2.11. The topological polar surface area (TPSA) is 101 Å². The van der Waals surface area contributed by atoms with Gasteiger partial charge in [-0.2, -0.15) is 0 Å². The lowest BCUT2D eigenvalue weighted by molar-refractivity contribution is -0.115. The number of fused-ring (bicyclic) bond motifs is 1. The largest absolute Gasteiger partial charge is 0.398 e. The van der Waals surface area contributed by atoms with Crippen molar-refractivity contribution in [3.05, 3.63) is 48.0 Å². The Hall–Kier alpha value is -3.02. The van der Waals surface area contributed by atoms with Gasteiger partial charge in [-0.15, -0.1) is 0 Å². The summed E-state index contributed by atoms with van der Waals surface area (Å²) in [5, 5.41) is 2.81. The van der Waals surface area contributed by atoms with Crippen LogP contribution in [0.3, 0.4) is 0 Å². The van der Waals surface area contributed by atoms with Crippen LogP contribution < -0.4 is 21.7 Å². The van der Waals surface area contributed by atoms with Crippen molar-refractivity contribution in [3.8, 4) is 0 Å². The molecule has 1 aliphatic rings. The smallest absolute Gasteiger partial charge is 0.250 e. The molecule has 0 aromatic heterocycles. The monoisotopic (exact) mass is 282 g/mol. The van der Waals surface area contributed by atoms with E-state index in [4.69, 9.17) is 11.5 Å². The molecule has 2 aromatic carbocycles. The van der Waals surface area contributed by atoms with Crippen LogP contribution in [0.2, 0.25) is 0 Å². The summed E-state index contributed by atoms with van der Waals surface area (Å²) in [7, 11) is 0. The van der Waals surface area contributed by atoms with Gasteiger partial charge in [-0.1, -0.05) is 12.1 Å². The second-order valence-electron chi connectivity index (χ2n) is 4.79. The zero-order valence-corrected chi connectivity index (χ0v) is 11.2. The summed E-state index contributed by atoms with van der Waals surface area (Å²) in [6.07, 6.45) is 0. The van der Waals surface area contributed by atoms with Crippen LogP contribution in [0.4, 0.5) is 22.7 Å². The summed E-state index contributed by atoms with van der Waals surface area (Å²) in [4.78, 5) is 25.1. The van der Waals surface area contributed by atoms with Gasteiger partial charge < -0.3 is 21.7 Å². The molecule has 106 valence electrons. The molecule has 6 nitrogen and oxygen atoms in total. The van der Waals surface area contributed by atoms with Gasteiger partial charge in [0.25, 0.3) is 5.91 Å². The number of nitrogens with one attached hydrogen (secondary N) is 1. The van der Waals surface area contributed by atoms with Crippen LogP contribution in [0.15, 0.2) is 42.5 Å². The van der Waals surface area contributed by atoms with Gasteiger partial charge in [0.1, 0.15) is 6.54 Å². The lowest BCUT2D eigenvalue weighted by atomic mass is 10.1. The van der Waals surface area contributed by atoms with Crippen LogP contribution in [0.5, 0.6) is 0 Å². The standard InChI is InChI=1S/C15H14N4O2/c16-11-6-5-9(7-10(11)15(17)21)19-8-14(20)18-12-3-1-2-4-13(12)19/h1-7H,8,16H2,(H2,17,21)(H,18,20). The maximum atomic E-state index is 11.8. The number of hydrogen-bond donors (Lipinski definition) is 3. The van der Waals surface area contributed by atoms with Gasteiger partial charge in [-0.05, 0) is 30.3 Å². The molecule has 21 heavy (non-hydrogen) atoms. The minimum Gasteiger partial charge on any atom is -0.398 e. The highest BCUT2D eigenvalue weighted by atomic mass is 16.2. The zero-order chi connectivity index (χ0) is 15.0. The van der Waals surface area contributed by atoms with Crippen LogP contribution in [0, 0.1) is 0 Å². The number of anilines is 4. The number of rotatable bonds is 2. The van der Waals surface area contributed by atoms with E-state index >= 15 is 0 Å². The molecule has 0 radical (unpaired) electrons. The number of para-hydroxylation sites is 2. The molecule has 6 heteroatoms. The summed E-state index contributed by atoms with van der Waals surface area (Å²) in [5.74, 6) is -0.713. The predicted molar refractivity (Wildman–Crippen MR) is 81.5 cm³/mol. The fraction of sp³-hybridized carbons (Fsp3) is 0.0667. The third-order valence-electron chi connectivity index (χ3n) is 3.38. The molecule has 2 aromatic rings. The third-order valence-corrected chi connectivity index (χ3v) is 3.38. The Morgan fingerprint density at radius 1 is 1.19 bits per heavy atom. The Morgan fingerprint density at radius 2 is 1.95 bits per heavy atom. The number of primary amides is 1. The number of nitrogens with zero attached hydrogens (tertiary/aromatic N) is 1. The quantitative estimate of drug-likeness (QED) is 0.726. The van der Waals surface area contributed by atoms with E-state index in [0.717, 1.165) is 11.4 Å². The summed E-state index contributed by atoms with van der Waals surface area (Å²) in [5.41, 5.74) is 13.9. The first-order chi connectivity index (χ1) is 10.1. The van der Waals surface area contributed by atoms with E-state index < -0.39 is 5.91 Å². The maximum absolute atomic E-state index is 11.8. The second-order valence-corrected chi connectivity index (χ2v) is 4.79. The number of nitrogens with two attached hydrogens (primary N) is 2. The molecule has 0 atom stereocenters. The Kier molecular flexibility index (Phi) is 2.98. The molecular formula is C15H14N4O2.